The van der Waals surface area contributed by atoms with Crippen molar-refractivity contribution in [1.29, 1.82) is 0 Å². The lowest BCUT2D eigenvalue weighted by atomic mass is 9.97. The number of nitrogens with zero attached hydrogens (tertiary/aromatic N) is 1. The summed E-state index contributed by atoms with van der Waals surface area (Å²) in [5.41, 5.74) is 0. The molecule has 2 atom stereocenters. The maximum absolute atomic E-state index is 3.57. The second kappa shape index (κ2) is 5.13. The Bertz CT molecular complexity index is 162. The first-order valence-electron chi connectivity index (χ1n) is 6.31. The molecule has 2 nitrogen and oxygen atoms in total. The van der Waals surface area contributed by atoms with Crippen molar-refractivity contribution >= 4 is 0 Å². The van der Waals surface area contributed by atoms with Crippen molar-refractivity contribution < 1.29 is 0 Å². The van der Waals surface area contributed by atoms with Gasteiger partial charge in [0.2, 0.25) is 0 Å². The molecule has 0 aromatic carbocycles. The summed E-state index contributed by atoms with van der Waals surface area (Å²) in [4.78, 5) is 2.73. The minimum absolute atomic E-state index is 0.834. The SMILES string of the molecule is CC1CCCN(C2CCCCNC2)C1. The second-order valence-corrected chi connectivity index (χ2v) is 5.10. The number of likely N-dealkylation sites (tertiary alicyclic amines) is 1. The van der Waals surface area contributed by atoms with Crippen molar-refractivity contribution in [3.8, 4) is 0 Å². The topological polar surface area (TPSA) is 15.3 Å². The highest BCUT2D eigenvalue weighted by Gasteiger charge is 2.24. The summed E-state index contributed by atoms with van der Waals surface area (Å²) in [5.74, 6) is 0.923. The molecule has 1 N–H and O–H groups in total. The zero-order valence-corrected chi connectivity index (χ0v) is 9.47. The van der Waals surface area contributed by atoms with E-state index in [4.69, 9.17) is 0 Å². The Labute approximate surface area is 88.1 Å². The molecule has 82 valence electrons. The Morgan fingerprint density at radius 3 is 2.93 bits per heavy atom. The van der Waals surface area contributed by atoms with Crippen LogP contribution in [0.5, 0.6) is 0 Å². The van der Waals surface area contributed by atoms with Crippen LogP contribution in [0.4, 0.5) is 0 Å². The van der Waals surface area contributed by atoms with Crippen LogP contribution in [-0.4, -0.2) is 37.1 Å². The summed E-state index contributed by atoms with van der Waals surface area (Å²) in [7, 11) is 0. The van der Waals surface area contributed by atoms with Crippen LogP contribution in [0.15, 0.2) is 0 Å². The molecule has 2 unspecified atom stereocenters. The van der Waals surface area contributed by atoms with E-state index < -0.39 is 0 Å². The first kappa shape index (κ1) is 10.4. The summed E-state index contributed by atoms with van der Waals surface area (Å²) >= 11 is 0. The number of nitrogens with one attached hydrogen (secondary N) is 1. The molecule has 0 aromatic rings. The highest BCUT2D eigenvalue weighted by Crippen LogP contribution is 2.20. The van der Waals surface area contributed by atoms with Crippen LogP contribution in [0.1, 0.15) is 39.0 Å². The first-order chi connectivity index (χ1) is 6.86. The molecule has 0 aromatic heterocycles. The van der Waals surface area contributed by atoms with Crippen molar-refractivity contribution in [1.82, 2.24) is 10.2 Å². The molecular weight excluding hydrogens is 172 g/mol. The van der Waals surface area contributed by atoms with Gasteiger partial charge in [-0.25, -0.2) is 0 Å². The molecule has 0 bridgehead atoms. The molecule has 0 amide bonds. The maximum Gasteiger partial charge on any atom is 0.0220 e. The molecule has 2 heterocycles. The molecule has 2 fully saturated rings. The summed E-state index contributed by atoms with van der Waals surface area (Å²) in [5, 5.41) is 3.57. The normalized spacial score (nSPS) is 36.6. The quantitative estimate of drug-likeness (QED) is 0.688. The van der Waals surface area contributed by atoms with Gasteiger partial charge in [-0.2, -0.15) is 0 Å². The molecule has 0 aliphatic carbocycles. The van der Waals surface area contributed by atoms with Crippen LogP contribution in [0.2, 0.25) is 0 Å². The molecule has 0 spiro atoms. The third-order valence-electron chi connectivity index (χ3n) is 3.73. The number of hydrogen-bond acceptors (Lipinski definition) is 2. The molecule has 2 rings (SSSR count). The van der Waals surface area contributed by atoms with Gasteiger partial charge in [-0.05, 0) is 44.7 Å². The number of hydrogen-bond donors (Lipinski definition) is 1. The van der Waals surface area contributed by atoms with E-state index >= 15 is 0 Å². The summed E-state index contributed by atoms with van der Waals surface area (Å²) in [6, 6.07) is 0.834. The van der Waals surface area contributed by atoms with Crippen molar-refractivity contribution in [3.05, 3.63) is 0 Å². The van der Waals surface area contributed by atoms with Crippen molar-refractivity contribution in [3.63, 3.8) is 0 Å². The van der Waals surface area contributed by atoms with Gasteiger partial charge in [0, 0.05) is 19.1 Å². The molecule has 0 saturated carbocycles. The van der Waals surface area contributed by atoms with E-state index in [0.717, 1.165) is 12.0 Å². The lowest BCUT2D eigenvalue weighted by Crippen LogP contribution is -2.46. The molecule has 2 heteroatoms. The van der Waals surface area contributed by atoms with Gasteiger partial charge in [0.25, 0.3) is 0 Å². The van der Waals surface area contributed by atoms with Crippen LogP contribution < -0.4 is 5.32 Å². The molecule has 0 radical (unpaired) electrons. The lowest BCUT2D eigenvalue weighted by Gasteiger charge is -2.36. The first-order valence-corrected chi connectivity index (χ1v) is 6.31. The Morgan fingerprint density at radius 2 is 2.07 bits per heavy atom. The fourth-order valence-corrected chi connectivity index (χ4v) is 2.87. The summed E-state index contributed by atoms with van der Waals surface area (Å²) < 4.78 is 0. The van der Waals surface area contributed by atoms with E-state index in [1.54, 1.807) is 0 Å². The minimum atomic E-state index is 0.834. The summed E-state index contributed by atoms with van der Waals surface area (Å²) in [6.07, 6.45) is 7.07. The van der Waals surface area contributed by atoms with Gasteiger partial charge in [-0.1, -0.05) is 13.3 Å². The van der Waals surface area contributed by atoms with E-state index in [1.807, 2.05) is 0 Å². The van der Waals surface area contributed by atoms with Gasteiger partial charge in [0.1, 0.15) is 0 Å². The Balaban J connectivity index is 1.85. The fourth-order valence-electron chi connectivity index (χ4n) is 2.87. The van der Waals surface area contributed by atoms with Gasteiger partial charge in [0.05, 0.1) is 0 Å². The molecule has 2 aliphatic rings. The average Bonchev–Trinajstić information content (AvgIpc) is 2.45. The Morgan fingerprint density at radius 1 is 1.14 bits per heavy atom. The highest BCUT2D eigenvalue weighted by molar-refractivity contribution is 4.80. The van der Waals surface area contributed by atoms with E-state index in [0.29, 0.717) is 0 Å². The van der Waals surface area contributed by atoms with Crippen LogP contribution in [0.25, 0.3) is 0 Å². The van der Waals surface area contributed by atoms with Gasteiger partial charge in [0.15, 0.2) is 0 Å². The fraction of sp³-hybridized carbons (Fsp3) is 1.00. The number of rotatable bonds is 1. The van der Waals surface area contributed by atoms with Crippen molar-refractivity contribution in [2.75, 3.05) is 26.2 Å². The zero-order chi connectivity index (χ0) is 9.80. The van der Waals surface area contributed by atoms with Crippen LogP contribution in [0.3, 0.4) is 0 Å². The van der Waals surface area contributed by atoms with Crippen LogP contribution >= 0.6 is 0 Å². The van der Waals surface area contributed by atoms with Crippen molar-refractivity contribution in [2.45, 2.75) is 45.1 Å². The minimum Gasteiger partial charge on any atom is -0.315 e. The number of piperidine rings is 1. The van der Waals surface area contributed by atoms with E-state index in [9.17, 15) is 0 Å². The lowest BCUT2D eigenvalue weighted by molar-refractivity contribution is 0.125. The van der Waals surface area contributed by atoms with Gasteiger partial charge < -0.3 is 5.32 Å². The Kier molecular flexibility index (Phi) is 3.82. The van der Waals surface area contributed by atoms with Gasteiger partial charge in [-0.3, -0.25) is 4.90 Å². The van der Waals surface area contributed by atoms with Crippen LogP contribution in [-0.2, 0) is 0 Å². The van der Waals surface area contributed by atoms with E-state index in [-0.39, 0.29) is 0 Å². The molecule has 2 aliphatic heterocycles. The molecule has 14 heavy (non-hydrogen) atoms. The molecular formula is C12H24N2. The monoisotopic (exact) mass is 196 g/mol. The van der Waals surface area contributed by atoms with E-state index in [1.165, 1.54) is 58.3 Å². The largest absolute Gasteiger partial charge is 0.315 e. The van der Waals surface area contributed by atoms with Crippen LogP contribution in [0, 0.1) is 5.92 Å². The average molecular weight is 196 g/mol. The van der Waals surface area contributed by atoms with Gasteiger partial charge in [-0.15, -0.1) is 0 Å². The standard InChI is InChI=1S/C12H24N2/c1-11-5-4-8-14(10-11)12-6-2-3-7-13-9-12/h11-13H,2-10H2,1H3. The third kappa shape index (κ3) is 2.71. The Hall–Kier alpha value is -0.0800. The highest BCUT2D eigenvalue weighted by atomic mass is 15.2. The zero-order valence-electron chi connectivity index (χ0n) is 9.47. The van der Waals surface area contributed by atoms with Crippen molar-refractivity contribution in [2.24, 2.45) is 5.92 Å². The molecule has 2 saturated heterocycles. The predicted octanol–water partition coefficient (Wildman–Crippen LogP) is 1.86. The summed E-state index contributed by atoms with van der Waals surface area (Å²) in [6.45, 7) is 7.55. The smallest absolute Gasteiger partial charge is 0.0220 e. The van der Waals surface area contributed by atoms with Gasteiger partial charge >= 0.3 is 0 Å². The van der Waals surface area contributed by atoms with E-state index in [2.05, 4.69) is 17.1 Å². The third-order valence-corrected chi connectivity index (χ3v) is 3.73. The maximum atomic E-state index is 3.57. The second-order valence-electron chi connectivity index (χ2n) is 5.10. The predicted molar refractivity (Wildman–Crippen MR) is 60.5 cm³/mol.